The molecule has 2 aromatic rings. The molecule has 20 heavy (non-hydrogen) atoms. The molecule has 0 radical (unpaired) electrons. The number of carbonyl (C=O) groups excluding carboxylic acids is 2. The van der Waals surface area contributed by atoms with Crippen molar-refractivity contribution in [1.82, 2.24) is 0 Å². The van der Waals surface area contributed by atoms with Gasteiger partial charge in [-0.1, -0.05) is 11.6 Å². The first-order valence-corrected chi connectivity index (χ1v) is 6.71. The van der Waals surface area contributed by atoms with Crippen molar-refractivity contribution < 1.29 is 18.7 Å². The zero-order valence-corrected chi connectivity index (χ0v) is 11.8. The second-order valence-corrected chi connectivity index (χ2v) is 5.06. The Morgan fingerprint density at radius 2 is 2.10 bits per heavy atom. The summed E-state index contributed by atoms with van der Waals surface area (Å²) in [7, 11) is 1.25. The molecule has 104 valence electrons. The van der Waals surface area contributed by atoms with E-state index in [1.165, 1.54) is 19.2 Å². The highest BCUT2D eigenvalue weighted by molar-refractivity contribution is 7.12. The minimum absolute atomic E-state index is 0.0627. The van der Waals surface area contributed by atoms with Crippen molar-refractivity contribution in [2.75, 3.05) is 12.4 Å². The standard InChI is InChI=1S/C13H9ClFNO3S/c1-19-13(18)11-10(4-5-20-11)16-12(17)7-2-3-8(14)9(15)6-7/h2-6H,1H3,(H,16,17). The minimum atomic E-state index is -0.683. The summed E-state index contributed by atoms with van der Waals surface area (Å²) in [5.74, 6) is -1.76. The average molecular weight is 314 g/mol. The van der Waals surface area contributed by atoms with Crippen molar-refractivity contribution in [2.45, 2.75) is 0 Å². The average Bonchev–Trinajstić information content (AvgIpc) is 2.89. The van der Waals surface area contributed by atoms with Crippen LogP contribution in [0.1, 0.15) is 20.0 Å². The van der Waals surface area contributed by atoms with Gasteiger partial charge in [0.1, 0.15) is 10.7 Å². The lowest BCUT2D eigenvalue weighted by molar-refractivity contribution is 0.0607. The first-order chi connectivity index (χ1) is 9.52. The Bertz CT molecular complexity index is 671. The van der Waals surface area contributed by atoms with Crippen molar-refractivity contribution >= 4 is 40.5 Å². The van der Waals surface area contributed by atoms with E-state index in [0.29, 0.717) is 5.69 Å². The van der Waals surface area contributed by atoms with E-state index >= 15 is 0 Å². The third-order valence-electron chi connectivity index (χ3n) is 2.47. The van der Waals surface area contributed by atoms with Crippen molar-refractivity contribution in [2.24, 2.45) is 0 Å². The molecule has 0 saturated heterocycles. The molecule has 1 heterocycles. The summed E-state index contributed by atoms with van der Waals surface area (Å²) in [5, 5.41) is 4.11. The van der Waals surface area contributed by atoms with E-state index in [2.05, 4.69) is 10.1 Å². The molecule has 0 bridgehead atoms. The molecule has 0 fully saturated rings. The van der Waals surface area contributed by atoms with E-state index in [1.807, 2.05) is 0 Å². The summed E-state index contributed by atoms with van der Waals surface area (Å²) in [5.41, 5.74) is 0.427. The van der Waals surface area contributed by atoms with Gasteiger partial charge in [0.15, 0.2) is 0 Å². The Morgan fingerprint density at radius 1 is 1.35 bits per heavy atom. The summed E-state index contributed by atoms with van der Waals surface area (Å²) in [4.78, 5) is 23.7. The largest absolute Gasteiger partial charge is 0.465 e. The molecule has 0 aliphatic rings. The summed E-state index contributed by atoms with van der Waals surface area (Å²) in [6.07, 6.45) is 0. The maximum atomic E-state index is 13.3. The lowest BCUT2D eigenvalue weighted by Gasteiger charge is -2.06. The van der Waals surface area contributed by atoms with E-state index in [9.17, 15) is 14.0 Å². The van der Waals surface area contributed by atoms with E-state index in [1.54, 1.807) is 11.4 Å². The van der Waals surface area contributed by atoms with Gasteiger partial charge in [0.05, 0.1) is 17.8 Å². The lowest BCUT2D eigenvalue weighted by atomic mass is 10.2. The lowest BCUT2D eigenvalue weighted by Crippen LogP contribution is -2.14. The van der Waals surface area contributed by atoms with Crippen LogP contribution in [0.3, 0.4) is 0 Å². The molecule has 0 unspecified atom stereocenters. The number of rotatable bonds is 3. The highest BCUT2D eigenvalue weighted by Gasteiger charge is 2.16. The summed E-state index contributed by atoms with van der Waals surface area (Å²) >= 11 is 6.69. The van der Waals surface area contributed by atoms with Crippen molar-refractivity contribution in [3.8, 4) is 0 Å². The number of thiophene rings is 1. The number of methoxy groups -OCH3 is 1. The van der Waals surface area contributed by atoms with E-state index < -0.39 is 17.7 Å². The first-order valence-electron chi connectivity index (χ1n) is 5.45. The van der Waals surface area contributed by atoms with Crippen LogP contribution in [-0.2, 0) is 4.74 Å². The summed E-state index contributed by atoms with van der Waals surface area (Å²) in [6, 6.07) is 5.29. The fourth-order valence-corrected chi connectivity index (χ4v) is 2.37. The number of benzene rings is 1. The fraction of sp³-hybridized carbons (Fsp3) is 0.0769. The zero-order chi connectivity index (χ0) is 14.7. The molecule has 1 N–H and O–H groups in total. The number of hydrogen-bond donors (Lipinski definition) is 1. The number of nitrogens with one attached hydrogen (secondary N) is 1. The van der Waals surface area contributed by atoms with Gasteiger partial charge >= 0.3 is 5.97 Å². The Balaban J connectivity index is 2.22. The fourth-order valence-electron chi connectivity index (χ4n) is 1.49. The van der Waals surface area contributed by atoms with Crippen molar-refractivity contribution in [3.05, 3.63) is 50.9 Å². The third kappa shape index (κ3) is 2.97. The van der Waals surface area contributed by atoms with E-state index in [-0.39, 0.29) is 15.5 Å². The highest BCUT2D eigenvalue weighted by atomic mass is 35.5. The Hall–Kier alpha value is -1.92. The van der Waals surface area contributed by atoms with Crippen molar-refractivity contribution in [3.63, 3.8) is 0 Å². The number of esters is 1. The van der Waals surface area contributed by atoms with Gasteiger partial charge in [-0.2, -0.15) is 0 Å². The molecule has 0 spiro atoms. The second kappa shape index (κ2) is 6.02. The predicted molar refractivity (Wildman–Crippen MR) is 75.0 cm³/mol. The SMILES string of the molecule is COC(=O)c1sccc1NC(=O)c1ccc(Cl)c(F)c1. The molecule has 2 rings (SSSR count). The van der Waals surface area contributed by atoms with E-state index in [4.69, 9.17) is 11.6 Å². The maximum absolute atomic E-state index is 13.3. The summed E-state index contributed by atoms with van der Waals surface area (Å²) in [6.45, 7) is 0. The number of ether oxygens (including phenoxy) is 1. The number of anilines is 1. The van der Waals surface area contributed by atoms with Gasteiger partial charge in [0, 0.05) is 5.56 Å². The van der Waals surface area contributed by atoms with Gasteiger partial charge < -0.3 is 10.1 Å². The van der Waals surface area contributed by atoms with Crippen LogP contribution in [0.4, 0.5) is 10.1 Å². The quantitative estimate of drug-likeness (QED) is 0.881. The van der Waals surface area contributed by atoms with Gasteiger partial charge in [-0.05, 0) is 29.6 Å². The Kier molecular flexibility index (Phi) is 4.36. The third-order valence-corrected chi connectivity index (χ3v) is 3.67. The van der Waals surface area contributed by atoms with Crippen LogP contribution in [-0.4, -0.2) is 19.0 Å². The van der Waals surface area contributed by atoms with Crippen LogP contribution in [0.15, 0.2) is 29.6 Å². The van der Waals surface area contributed by atoms with Gasteiger partial charge in [0.25, 0.3) is 5.91 Å². The van der Waals surface area contributed by atoms with Crippen molar-refractivity contribution in [1.29, 1.82) is 0 Å². The van der Waals surface area contributed by atoms with Crippen LogP contribution in [0, 0.1) is 5.82 Å². The molecule has 7 heteroatoms. The maximum Gasteiger partial charge on any atom is 0.350 e. The Morgan fingerprint density at radius 3 is 2.75 bits per heavy atom. The first kappa shape index (κ1) is 14.5. The molecular formula is C13H9ClFNO3S. The predicted octanol–water partition coefficient (Wildman–Crippen LogP) is 3.58. The molecule has 0 atom stereocenters. The van der Waals surface area contributed by atoms with Gasteiger partial charge in [-0.3, -0.25) is 4.79 Å². The van der Waals surface area contributed by atoms with Crippen LogP contribution >= 0.6 is 22.9 Å². The number of halogens is 2. The molecule has 0 aliphatic carbocycles. The normalized spacial score (nSPS) is 10.2. The second-order valence-electron chi connectivity index (χ2n) is 3.74. The molecule has 1 amide bonds. The smallest absolute Gasteiger partial charge is 0.350 e. The Labute approximate surface area is 123 Å². The molecule has 1 aromatic heterocycles. The molecular weight excluding hydrogens is 305 g/mol. The monoisotopic (exact) mass is 313 g/mol. The zero-order valence-electron chi connectivity index (χ0n) is 10.3. The van der Waals surface area contributed by atoms with Crippen LogP contribution < -0.4 is 5.32 Å². The summed E-state index contributed by atoms with van der Waals surface area (Å²) < 4.78 is 17.9. The molecule has 4 nitrogen and oxygen atoms in total. The number of carbonyl (C=O) groups is 2. The van der Waals surface area contributed by atoms with Crippen LogP contribution in [0.25, 0.3) is 0 Å². The van der Waals surface area contributed by atoms with E-state index in [0.717, 1.165) is 17.4 Å². The molecule has 0 aliphatic heterocycles. The van der Waals surface area contributed by atoms with Gasteiger partial charge in [0.2, 0.25) is 0 Å². The number of hydrogen-bond acceptors (Lipinski definition) is 4. The van der Waals surface area contributed by atoms with Gasteiger partial charge in [-0.25, -0.2) is 9.18 Å². The highest BCUT2D eigenvalue weighted by Crippen LogP contribution is 2.24. The topological polar surface area (TPSA) is 55.4 Å². The van der Waals surface area contributed by atoms with Crippen LogP contribution in [0.5, 0.6) is 0 Å². The number of amides is 1. The van der Waals surface area contributed by atoms with Crippen LogP contribution in [0.2, 0.25) is 5.02 Å². The molecule has 1 aromatic carbocycles. The minimum Gasteiger partial charge on any atom is -0.465 e. The van der Waals surface area contributed by atoms with Gasteiger partial charge in [-0.15, -0.1) is 11.3 Å². The molecule has 0 saturated carbocycles.